The summed E-state index contributed by atoms with van der Waals surface area (Å²) in [5.41, 5.74) is 1.09. The first-order valence-electron chi connectivity index (χ1n) is 8.22. The van der Waals surface area contributed by atoms with Crippen LogP contribution in [-0.2, 0) is 0 Å². The number of aromatic carboxylic acids is 2. The molecule has 5 nitrogen and oxygen atoms in total. The molecule has 4 rings (SSSR count). The van der Waals surface area contributed by atoms with Crippen LogP contribution < -0.4 is 0 Å². The molecule has 4 aromatic rings. The topological polar surface area (TPSA) is 94.8 Å². The van der Waals surface area contributed by atoms with Crippen molar-refractivity contribution in [2.24, 2.45) is 0 Å². The minimum atomic E-state index is -1.12. The zero-order chi connectivity index (χ0) is 19.1. The summed E-state index contributed by atoms with van der Waals surface area (Å²) in [5.74, 6) is -2.21. The van der Waals surface area contributed by atoms with E-state index in [-0.39, 0.29) is 16.9 Å². The molecule has 4 aromatic carbocycles. The van der Waals surface area contributed by atoms with E-state index in [1.165, 1.54) is 12.1 Å². The second-order valence-corrected chi connectivity index (χ2v) is 6.18. The highest BCUT2D eigenvalue weighted by Crippen LogP contribution is 2.39. The Morgan fingerprint density at radius 3 is 1.96 bits per heavy atom. The number of carbonyl (C=O) groups is 2. The lowest BCUT2D eigenvalue weighted by atomic mass is 9.90. The Labute approximate surface area is 153 Å². The third-order valence-corrected chi connectivity index (χ3v) is 4.68. The number of aromatic hydroxyl groups is 1. The van der Waals surface area contributed by atoms with Crippen LogP contribution >= 0.6 is 0 Å². The fraction of sp³-hybridized carbons (Fsp3) is 0. The summed E-state index contributed by atoms with van der Waals surface area (Å²) >= 11 is 0. The second-order valence-electron chi connectivity index (χ2n) is 6.18. The molecule has 0 aliphatic heterocycles. The van der Waals surface area contributed by atoms with E-state index in [4.69, 9.17) is 0 Å². The van der Waals surface area contributed by atoms with Gasteiger partial charge in [0.2, 0.25) is 0 Å². The van der Waals surface area contributed by atoms with Gasteiger partial charge in [0.05, 0.1) is 11.1 Å². The molecule has 0 aromatic heterocycles. The molecule has 0 radical (unpaired) electrons. The van der Waals surface area contributed by atoms with Crippen molar-refractivity contribution < 1.29 is 24.9 Å². The van der Waals surface area contributed by atoms with E-state index >= 15 is 0 Å². The zero-order valence-corrected chi connectivity index (χ0v) is 14.0. The Kier molecular flexibility index (Phi) is 3.78. The molecule has 0 aliphatic rings. The fourth-order valence-corrected chi connectivity index (χ4v) is 3.53. The average Bonchev–Trinajstić information content (AvgIpc) is 2.66. The molecule has 132 valence electrons. The highest BCUT2D eigenvalue weighted by molar-refractivity contribution is 6.15. The molecule has 0 aliphatic carbocycles. The third kappa shape index (κ3) is 2.57. The molecular formula is C22H14O5. The zero-order valence-electron chi connectivity index (χ0n) is 14.0. The molecule has 0 heterocycles. The predicted octanol–water partition coefficient (Wildman–Crippen LogP) is 4.76. The van der Waals surface area contributed by atoms with Gasteiger partial charge in [-0.3, -0.25) is 0 Å². The first kappa shape index (κ1) is 16.6. The van der Waals surface area contributed by atoms with Crippen LogP contribution in [0, 0.1) is 0 Å². The van der Waals surface area contributed by atoms with Crippen molar-refractivity contribution in [3.63, 3.8) is 0 Å². The van der Waals surface area contributed by atoms with Crippen LogP contribution in [0.1, 0.15) is 20.7 Å². The smallest absolute Gasteiger partial charge is 0.336 e. The van der Waals surface area contributed by atoms with Gasteiger partial charge in [-0.1, -0.05) is 54.6 Å². The molecule has 27 heavy (non-hydrogen) atoms. The molecular weight excluding hydrogens is 344 g/mol. The number of phenolic OH excluding ortho intramolecular Hbond substituents is 1. The van der Waals surface area contributed by atoms with Crippen molar-refractivity contribution in [3.05, 3.63) is 77.9 Å². The van der Waals surface area contributed by atoms with Gasteiger partial charge in [-0.2, -0.15) is 0 Å². The summed E-state index contributed by atoms with van der Waals surface area (Å²) in [6, 6.07) is 18.1. The van der Waals surface area contributed by atoms with Crippen LogP contribution in [0.2, 0.25) is 0 Å². The number of fused-ring (bicyclic) bond motifs is 2. The minimum absolute atomic E-state index is 0.0306. The fourth-order valence-electron chi connectivity index (χ4n) is 3.53. The number of benzene rings is 4. The van der Waals surface area contributed by atoms with Crippen molar-refractivity contribution >= 4 is 33.5 Å². The molecule has 0 saturated carbocycles. The van der Waals surface area contributed by atoms with Gasteiger partial charge in [0, 0.05) is 16.3 Å². The SMILES string of the molecule is O=C(O)c1cccc2c(-c3cc(O)c4ccccc4c3C(=O)O)cccc12. The minimum Gasteiger partial charge on any atom is -0.507 e. The average molecular weight is 358 g/mol. The summed E-state index contributed by atoms with van der Waals surface area (Å²) < 4.78 is 0. The predicted molar refractivity (Wildman–Crippen MR) is 102 cm³/mol. The number of hydrogen-bond donors (Lipinski definition) is 3. The number of hydrogen-bond acceptors (Lipinski definition) is 3. The van der Waals surface area contributed by atoms with Gasteiger partial charge in [0.15, 0.2) is 0 Å². The van der Waals surface area contributed by atoms with Gasteiger partial charge in [0.1, 0.15) is 5.75 Å². The molecule has 0 saturated heterocycles. The van der Waals surface area contributed by atoms with Gasteiger partial charge < -0.3 is 15.3 Å². The van der Waals surface area contributed by atoms with Crippen molar-refractivity contribution in [1.82, 2.24) is 0 Å². The summed E-state index contributed by atoms with van der Waals surface area (Å²) in [4.78, 5) is 23.6. The van der Waals surface area contributed by atoms with Gasteiger partial charge in [-0.15, -0.1) is 0 Å². The van der Waals surface area contributed by atoms with E-state index in [0.717, 1.165) is 0 Å². The second kappa shape index (κ2) is 6.14. The lowest BCUT2D eigenvalue weighted by Crippen LogP contribution is -2.02. The summed E-state index contributed by atoms with van der Waals surface area (Å²) in [6.45, 7) is 0. The van der Waals surface area contributed by atoms with E-state index in [0.29, 0.717) is 32.7 Å². The number of carboxylic acid groups (broad SMARTS) is 2. The first-order chi connectivity index (χ1) is 13.0. The van der Waals surface area contributed by atoms with Crippen LogP contribution in [0.25, 0.3) is 32.7 Å². The van der Waals surface area contributed by atoms with Crippen LogP contribution in [0.3, 0.4) is 0 Å². The van der Waals surface area contributed by atoms with Gasteiger partial charge in [-0.25, -0.2) is 9.59 Å². The van der Waals surface area contributed by atoms with Gasteiger partial charge >= 0.3 is 11.9 Å². The van der Waals surface area contributed by atoms with E-state index in [1.54, 1.807) is 54.6 Å². The number of carboxylic acids is 2. The van der Waals surface area contributed by atoms with Gasteiger partial charge in [-0.05, 0) is 28.5 Å². The third-order valence-electron chi connectivity index (χ3n) is 4.68. The summed E-state index contributed by atoms with van der Waals surface area (Å²) in [5, 5.41) is 31.7. The van der Waals surface area contributed by atoms with E-state index in [2.05, 4.69) is 0 Å². The molecule has 0 amide bonds. The van der Waals surface area contributed by atoms with E-state index in [9.17, 15) is 24.9 Å². The Morgan fingerprint density at radius 2 is 1.26 bits per heavy atom. The monoisotopic (exact) mass is 358 g/mol. The van der Waals surface area contributed by atoms with E-state index in [1.807, 2.05) is 0 Å². The standard InChI is InChI=1S/C22H14O5/c23-19-11-18(20(22(26)27)16-6-2-1-5-15(16)19)14-9-3-8-13-12(14)7-4-10-17(13)21(24)25/h1-11,23H,(H,24,25)(H,26,27). The Balaban J connectivity index is 2.15. The number of rotatable bonds is 3. The number of phenols is 1. The maximum Gasteiger partial charge on any atom is 0.336 e. The highest BCUT2D eigenvalue weighted by Gasteiger charge is 2.20. The lowest BCUT2D eigenvalue weighted by molar-refractivity contribution is 0.0688. The van der Waals surface area contributed by atoms with Gasteiger partial charge in [0.25, 0.3) is 0 Å². The van der Waals surface area contributed by atoms with Crippen LogP contribution in [0.4, 0.5) is 0 Å². The van der Waals surface area contributed by atoms with Crippen molar-refractivity contribution in [2.45, 2.75) is 0 Å². The van der Waals surface area contributed by atoms with Crippen molar-refractivity contribution in [1.29, 1.82) is 0 Å². The summed E-state index contributed by atoms with van der Waals surface area (Å²) in [7, 11) is 0. The highest BCUT2D eigenvalue weighted by atomic mass is 16.4. The molecule has 3 N–H and O–H groups in total. The first-order valence-corrected chi connectivity index (χ1v) is 8.22. The molecule has 0 spiro atoms. The van der Waals surface area contributed by atoms with Crippen molar-refractivity contribution in [3.8, 4) is 16.9 Å². The van der Waals surface area contributed by atoms with E-state index < -0.39 is 11.9 Å². The maximum atomic E-state index is 12.1. The molecule has 0 atom stereocenters. The largest absolute Gasteiger partial charge is 0.507 e. The van der Waals surface area contributed by atoms with Crippen LogP contribution in [0.15, 0.2) is 66.7 Å². The van der Waals surface area contributed by atoms with Crippen molar-refractivity contribution in [2.75, 3.05) is 0 Å². The molecule has 5 heteroatoms. The normalized spacial score (nSPS) is 11.0. The Hall–Kier alpha value is -3.86. The molecule has 0 bridgehead atoms. The van der Waals surface area contributed by atoms with Crippen LogP contribution in [-0.4, -0.2) is 27.3 Å². The van der Waals surface area contributed by atoms with Crippen LogP contribution in [0.5, 0.6) is 5.75 Å². The molecule has 0 fully saturated rings. The summed E-state index contributed by atoms with van der Waals surface area (Å²) in [6.07, 6.45) is 0. The molecule has 0 unspecified atom stereocenters. The Morgan fingerprint density at radius 1 is 0.630 bits per heavy atom. The maximum absolute atomic E-state index is 12.1. The Bertz CT molecular complexity index is 1240. The quantitative estimate of drug-likeness (QED) is 0.491. The lowest BCUT2D eigenvalue weighted by Gasteiger charge is -2.14.